The van der Waals surface area contributed by atoms with Crippen molar-refractivity contribution < 1.29 is 61.9 Å². The molecule has 0 saturated carbocycles. The first-order valence-electron chi connectivity index (χ1n) is 13.7. The van der Waals surface area contributed by atoms with Gasteiger partial charge in [0.2, 0.25) is 11.9 Å². The number of rotatable bonds is 12. The number of hydrogen-bond acceptors (Lipinski definition) is 13. The third-order valence-electron chi connectivity index (χ3n) is 6.66. The first kappa shape index (κ1) is 35.3. The van der Waals surface area contributed by atoms with Crippen LogP contribution in [0.1, 0.15) is 45.7 Å². The normalized spacial score (nSPS) is 22.0. The Labute approximate surface area is 264 Å². The summed E-state index contributed by atoms with van der Waals surface area (Å²) in [4.78, 5) is 61.5. The molecule has 0 N–H and O–H groups in total. The van der Waals surface area contributed by atoms with Crippen molar-refractivity contribution in [2.24, 2.45) is 0 Å². The van der Waals surface area contributed by atoms with Crippen LogP contribution in [0, 0.1) is 0 Å². The molecule has 0 aromatic heterocycles. The molecule has 1 heterocycles. The Morgan fingerprint density at radius 3 is 1.82 bits per heavy atom. The smallest absolute Gasteiger partial charge is 0.303 e. The topological polar surface area (TPSA) is 159 Å². The molecule has 14 heteroatoms. The molecule has 2 aromatic rings. The summed E-state index contributed by atoms with van der Waals surface area (Å²) in [6.07, 6.45) is -4.94. The van der Waals surface area contributed by atoms with Crippen LogP contribution >= 0.6 is 11.6 Å². The SMILES string of the molecule is CO[C@@]1(c2ccc(Cl)c(COc3ccccc3)c2)OC(COC(C)=O)(COC(C)=O)[C@@H](OC(C)=O)[C@H](OC(C)=O)[C@H]1OC(C)=O. The van der Waals surface area contributed by atoms with Crippen LogP contribution in [0.25, 0.3) is 0 Å². The van der Waals surface area contributed by atoms with E-state index in [9.17, 15) is 24.0 Å². The van der Waals surface area contributed by atoms with Gasteiger partial charge in [-0.25, -0.2) is 0 Å². The molecule has 4 atom stereocenters. The minimum absolute atomic E-state index is 0.00972. The summed E-state index contributed by atoms with van der Waals surface area (Å²) in [5.74, 6) is -5.69. The van der Waals surface area contributed by atoms with Gasteiger partial charge in [-0.3, -0.25) is 24.0 Å². The monoisotopic (exact) mass is 650 g/mol. The zero-order valence-corrected chi connectivity index (χ0v) is 26.4. The highest BCUT2D eigenvalue weighted by molar-refractivity contribution is 6.31. The van der Waals surface area contributed by atoms with Gasteiger partial charge in [0.25, 0.3) is 0 Å². The van der Waals surface area contributed by atoms with E-state index in [1.165, 1.54) is 19.2 Å². The van der Waals surface area contributed by atoms with Gasteiger partial charge in [-0.2, -0.15) is 0 Å². The fourth-order valence-electron chi connectivity index (χ4n) is 4.88. The second-order valence-corrected chi connectivity index (χ2v) is 10.5. The van der Waals surface area contributed by atoms with E-state index in [0.29, 0.717) is 16.3 Å². The van der Waals surface area contributed by atoms with Crippen LogP contribution in [0.2, 0.25) is 5.02 Å². The molecule has 1 aliphatic heterocycles. The maximum Gasteiger partial charge on any atom is 0.303 e. The second-order valence-electron chi connectivity index (χ2n) is 10.1. The molecule has 2 aromatic carbocycles. The highest BCUT2D eigenvalue weighted by Gasteiger charge is 2.68. The lowest BCUT2D eigenvalue weighted by atomic mass is 9.80. The Kier molecular flexibility index (Phi) is 11.9. The number of halogens is 1. The fourth-order valence-corrected chi connectivity index (χ4v) is 5.05. The average molecular weight is 651 g/mol. The van der Waals surface area contributed by atoms with E-state index in [0.717, 1.165) is 34.6 Å². The van der Waals surface area contributed by atoms with Crippen molar-refractivity contribution in [3.63, 3.8) is 0 Å². The van der Waals surface area contributed by atoms with E-state index >= 15 is 0 Å². The average Bonchev–Trinajstić information content (AvgIpc) is 2.97. The minimum Gasteiger partial charge on any atom is -0.489 e. The van der Waals surface area contributed by atoms with Crippen molar-refractivity contribution in [2.45, 2.75) is 70.9 Å². The summed E-state index contributed by atoms with van der Waals surface area (Å²) in [5.41, 5.74) is -1.44. The molecule has 13 nitrogen and oxygen atoms in total. The Morgan fingerprint density at radius 1 is 0.756 bits per heavy atom. The van der Waals surface area contributed by atoms with E-state index in [4.69, 9.17) is 49.5 Å². The maximum atomic E-state index is 12.5. The first-order chi connectivity index (χ1) is 21.2. The van der Waals surface area contributed by atoms with Crippen molar-refractivity contribution in [2.75, 3.05) is 20.3 Å². The Bertz CT molecular complexity index is 1380. The van der Waals surface area contributed by atoms with Crippen molar-refractivity contribution >= 4 is 41.4 Å². The third-order valence-corrected chi connectivity index (χ3v) is 7.03. The summed E-state index contributed by atoms with van der Waals surface area (Å²) in [5, 5.41) is 0.307. The predicted octanol–water partition coefficient (Wildman–Crippen LogP) is 3.41. The van der Waals surface area contributed by atoms with Crippen molar-refractivity contribution in [3.8, 4) is 5.75 Å². The quantitative estimate of drug-likeness (QED) is 0.243. The van der Waals surface area contributed by atoms with Crippen LogP contribution in [-0.4, -0.2) is 74.1 Å². The zero-order valence-electron chi connectivity index (χ0n) is 25.7. The van der Waals surface area contributed by atoms with Gasteiger partial charge in [-0.05, 0) is 24.3 Å². The van der Waals surface area contributed by atoms with Gasteiger partial charge in [-0.15, -0.1) is 0 Å². The standard InChI is InChI=1S/C31H35ClO13/c1-18(33)40-16-30(17-41-19(2)34)28(43-21(4)36)27(42-20(3)35)29(44-22(5)37)31(38-6,45-30)24-12-13-26(32)23(14-24)15-39-25-10-8-7-9-11-25/h7-14,27-29H,15-17H2,1-6H3/t27-,28-,29+,31-/m0/s1. The van der Waals surface area contributed by atoms with Crippen molar-refractivity contribution in [1.29, 1.82) is 0 Å². The van der Waals surface area contributed by atoms with E-state index in [1.54, 1.807) is 30.3 Å². The zero-order chi connectivity index (χ0) is 33.4. The molecule has 1 fully saturated rings. The summed E-state index contributed by atoms with van der Waals surface area (Å²) < 4.78 is 46.0. The molecule has 0 unspecified atom stereocenters. The van der Waals surface area contributed by atoms with Crippen LogP contribution in [0.4, 0.5) is 0 Å². The first-order valence-corrected chi connectivity index (χ1v) is 14.1. The Balaban J connectivity index is 2.30. The molecule has 244 valence electrons. The molecular formula is C31H35ClO13. The van der Waals surface area contributed by atoms with Crippen LogP contribution in [0.3, 0.4) is 0 Å². The Hall–Kier alpha value is -4.20. The highest BCUT2D eigenvalue weighted by Crippen LogP contribution is 2.48. The Morgan fingerprint density at radius 2 is 1.31 bits per heavy atom. The number of benzene rings is 2. The number of ether oxygens (including phenoxy) is 8. The number of hydrogen-bond donors (Lipinski definition) is 0. The van der Waals surface area contributed by atoms with Gasteiger partial charge < -0.3 is 37.9 Å². The molecule has 45 heavy (non-hydrogen) atoms. The second kappa shape index (κ2) is 15.2. The van der Waals surface area contributed by atoms with Gasteiger partial charge in [0.15, 0.2) is 17.8 Å². The highest BCUT2D eigenvalue weighted by atomic mass is 35.5. The molecule has 0 aliphatic carbocycles. The largest absolute Gasteiger partial charge is 0.489 e. The number of carbonyl (C=O) groups is 5. The molecule has 0 bridgehead atoms. The van der Waals surface area contributed by atoms with E-state index < -0.39 is 72.8 Å². The molecule has 1 aliphatic rings. The molecule has 0 spiro atoms. The lowest BCUT2D eigenvalue weighted by molar-refractivity contribution is -0.402. The van der Waals surface area contributed by atoms with Crippen molar-refractivity contribution in [3.05, 3.63) is 64.7 Å². The van der Waals surface area contributed by atoms with Crippen LogP contribution < -0.4 is 4.74 Å². The molecular weight excluding hydrogens is 616 g/mol. The number of carbonyl (C=O) groups excluding carboxylic acids is 5. The summed E-state index contributed by atoms with van der Waals surface area (Å²) in [7, 11) is 1.23. The van der Waals surface area contributed by atoms with E-state index in [1.807, 2.05) is 6.07 Å². The molecule has 3 rings (SSSR count). The number of para-hydroxylation sites is 1. The van der Waals surface area contributed by atoms with Gasteiger partial charge in [0.05, 0.1) is 0 Å². The van der Waals surface area contributed by atoms with E-state index in [-0.39, 0.29) is 12.2 Å². The van der Waals surface area contributed by atoms with Gasteiger partial charge in [0, 0.05) is 57.9 Å². The number of esters is 5. The molecule has 0 radical (unpaired) electrons. The van der Waals surface area contributed by atoms with E-state index in [2.05, 4.69) is 0 Å². The van der Waals surface area contributed by atoms with Crippen LogP contribution in [0.5, 0.6) is 5.75 Å². The van der Waals surface area contributed by atoms with Crippen molar-refractivity contribution in [1.82, 2.24) is 0 Å². The number of methoxy groups -OCH3 is 1. The fraction of sp³-hybridized carbons (Fsp3) is 0.452. The minimum atomic E-state index is -2.17. The lowest BCUT2D eigenvalue weighted by Gasteiger charge is -2.55. The van der Waals surface area contributed by atoms with Crippen LogP contribution in [-0.2, 0) is 69.5 Å². The summed E-state index contributed by atoms with van der Waals surface area (Å²) in [6.45, 7) is 4.13. The lowest BCUT2D eigenvalue weighted by Crippen LogP contribution is -2.74. The van der Waals surface area contributed by atoms with Gasteiger partial charge >= 0.3 is 29.8 Å². The molecule has 1 saturated heterocycles. The molecule has 0 amide bonds. The van der Waals surface area contributed by atoms with Crippen LogP contribution in [0.15, 0.2) is 48.5 Å². The predicted molar refractivity (Wildman–Crippen MR) is 155 cm³/mol. The van der Waals surface area contributed by atoms with Gasteiger partial charge in [0.1, 0.15) is 25.6 Å². The van der Waals surface area contributed by atoms with Gasteiger partial charge in [-0.1, -0.05) is 35.9 Å². The maximum absolute atomic E-state index is 12.5. The summed E-state index contributed by atoms with van der Waals surface area (Å²) >= 11 is 6.53. The third kappa shape index (κ3) is 8.71. The summed E-state index contributed by atoms with van der Waals surface area (Å²) in [6, 6.07) is 13.5.